The lowest BCUT2D eigenvalue weighted by atomic mass is 9.54. The molecule has 1 heterocycles. The molecule has 0 aromatic heterocycles. The smallest absolute Gasteiger partial charge is 0.220 e. The van der Waals surface area contributed by atoms with Crippen molar-refractivity contribution in [2.75, 3.05) is 13.2 Å². The first-order chi connectivity index (χ1) is 14.6. The molecule has 2 saturated carbocycles. The molecule has 3 fully saturated rings. The predicted molar refractivity (Wildman–Crippen MR) is 116 cm³/mol. The van der Waals surface area contributed by atoms with E-state index in [1.54, 1.807) is 0 Å². The van der Waals surface area contributed by atoms with E-state index in [9.17, 15) is 9.59 Å². The number of fused-ring (bicyclic) bond motifs is 5. The molecule has 3 unspecified atom stereocenters. The van der Waals surface area contributed by atoms with Crippen molar-refractivity contribution in [3.8, 4) is 0 Å². The summed E-state index contributed by atoms with van der Waals surface area (Å²) in [5.74, 6) is 2.60. The van der Waals surface area contributed by atoms with E-state index < -0.39 is 0 Å². The van der Waals surface area contributed by atoms with Gasteiger partial charge in [-0.3, -0.25) is 9.59 Å². The summed E-state index contributed by atoms with van der Waals surface area (Å²) in [7, 11) is 0. The molecule has 5 atom stereocenters. The van der Waals surface area contributed by atoms with Crippen LogP contribution in [0.15, 0.2) is 24.3 Å². The van der Waals surface area contributed by atoms with E-state index in [0.717, 1.165) is 51.7 Å². The second-order valence-corrected chi connectivity index (χ2v) is 10.4. The highest BCUT2D eigenvalue weighted by atomic mass is 16.5. The Hall–Kier alpha value is -1.68. The van der Waals surface area contributed by atoms with Gasteiger partial charge in [0.05, 0.1) is 0 Å². The van der Waals surface area contributed by atoms with Crippen LogP contribution in [0.25, 0.3) is 0 Å². The zero-order valence-electron chi connectivity index (χ0n) is 18.2. The lowest BCUT2D eigenvalue weighted by Crippen LogP contribution is -2.44. The molecule has 4 aliphatic rings. The highest BCUT2D eigenvalue weighted by Gasteiger charge is 2.58. The molecule has 0 radical (unpaired) electrons. The summed E-state index contributed by atoms with van der Waals surface area (Å²) < 4.78 is 5.39. The molecule has 4 nitrogen and oxygen atoms in total. The lowest BCUT2D eigenvalue weighted by molar-refractivity contribution is -0.129. The van der Waals surface area contributed by atoms with Crippen LogP contribution in [0.5, 0.6) is 0 Å². The van der Waals surface area contributed by atoms with Crippen LogP contribution in [0.4, 0.5) is 0 Å². The van der Waals surface area contributed by atoms with Crippen molar-refractivity contribution in [3.63, 3.8) is 0 Å². The van der Waals surface area contributed by atoms with E-state index in [4.69, 9.17) is 4.74 Å². The first-order valence-corrected chi connectivity index (χ1v) is 12.0. The van der Waals surface area contributed by atoms with Gasteiger partial charge >= 0.3 is 0 Å². The van der Waals surface area contributed by atoms with Gasteiger partial charge in [0.15, 0.2) is 0 Å². The molecule has 162 valence electrons. The molecule has 0 spiro atoms. The normalized spacial score (nSPS) is 36.0. The Morgan fingerprint density at radius 3 is 2.80 bits per heavy atom. The van der Waals surface area contributed by atoms with E-state index in [1.165, 1.54) is 17.5 Å². The molecular formula is C26H35NO3. The number of hydrogen-bond donors (Lipinski definition) is 1. The highest BCUT2D eigenvalue weighted by Crippen LogP contribution is 2.62. The molecule has 1 N–H and O–H groups in total. The number of benzene rings is 1. The fourth-order valence-corrected chi connectivity index (χ4v) is 7.30. The van der Waals surface area contributed by atoms with Crippen LogP contribution in [0.1, 0.15) is 75.3 Å². The van der Waals surface area contributed by atoms with Crippen molar-refractivity contribution >= 4 is 11.7 Å². The van der Waals surface area contributed by atoms with Gasteiger partial charge in [0, 0.05) is 37.5 Å². The Balaban J connectivity index is 1.29. The minimum Gasteiger partial charge on any atom is -0.381 e. The third kappa shape index (κ3) is 3.51. The number of carbonyl (C=O) groups excluding carboxylic acids is 2. The Morgan fingerprint density at radius 1 is 1.17 bits per heavy atom. The van der Waals surface area contributed by atoms with E-state index in [-0.39, 0.29) is 17.4 Å². The number of ketones is 1. The summed E-state index contributed by atoms with van der Waals surface area (Å²) in [6.45, 7) is 3.72. The average molecular weight is 410 g/mol. The molecule has 1 amide bonds. The minimum atomic E-state index is -0.171. The quantitative estimate of drug-likeness (QED) is 0.801. The number of aryl methyl sites for hydroxylation is 1. The van der Waals surface area contributed by atoms with Gasteiger partial charge in [0.25, 0.3) is 0 Å². The van der Waals surface area contributed by atoms with Crippen molar-refractivity contribution < 1.29 is 14.3 Å². The van der Waals surface area contributed by atoms with Crippen LogP contribution >= 0.6 is 0 Å². The molecular weight excluding hydrogens is 374 g/mol. The maximum Gasteiger partial charge on any atom is 0.220 e. The number of nitrogens with one attached hydrogen (secondary N) is 1. The number of carbonyl (C=O) groups is 2. The van der Waals surface area contributed by atoms with Crippen LogP contribution in [0.3, 0.4) is 0 Å². The molecule has 30 heavy (non-hydrogen) atoms. The number of Topliss-reactive ketones (excluding diaryl/α,β-unsaturated/α-hetero) is 1. The summed E-state index contributed by atoms with van der Waals surface area (Å²) in [5, 5.41) is 3.20. The molecule has 1 aliphatic heterocycles. The third-order valence-corrected chi connectivity index (χ3v) is 8.81. The average Bonchev–Trinajstić information content (AvgIpc) is 3.03. The van der Waals surface area contributed by atoms with Crippen molar-refractivity contribution in [2.45, 2.75) is 76.7 Å². The van der Waals surface area contributed by atoms with Gasteiger partial charge in [0.2, 0.25) is 5.91 Å². The first-order valence-electron chi connectivity index (χ1n) is 12.0. The van der Waals surface area contributed by atoms with Crippen molar-refractivity contribution in [2.24, 2.45) is 23.2 Å². The van der Waals surface area contributed by atoms with E-state index >= 15 is 0 Å². The van der Waals surface area contributed by atoms with Gasteiger partial charge in [-0.25, -0.2) is 0 Å². The fourth-order valence-electron chi connectivity index (χ4n) is 7.30. The molecule has 5 rings (SSSR count). The zero-order valence-corrected chi connectivity index (χ0v) is 18.2. The highest BCUT2D eigenvalue weighted by molar-refractivity contribution is 5.88. The minimum absolute atomic E-state index is 0.157. The maximum absolute atomic E-state index is 13.1. The number of rotatable bonds is 4. The van der Waals surface area contributed by atoms with Gasteiger partial charge in [-0.2, -0.15) is 0 Å². The van der Waals surface area contributed by atoms with Crippen LogP contribution < -0.4 is 5.32 Å². The number of ether oxygens (including phenoxy) is 1. The standard InChI is InChI=1S/C26H35NO3/c1-26-13-10-21-20-5-3-2-4-17(20)6-8-22(21)25(26)18(16-23(26)28)7-9-24(29)27-19-11-14-30-15-12-19/h2-5,18-19,21-22,25H,6-16H2,1H3,(H,27,29)/t18-,21?,22?,25?,26-/m1/s1. The van der Waals surface area contributed by atoms with Gasteiger partial charge in [-0.1, -0.05) is 31.2 Å². The summed E-state index contributed by atoms with van der Waals surface area (Å²) in [6, 6.07) is 9.20. The Labute approximate surface area is 180 Å². The summed E-state index contributed by atoms with van der Waals surface area (Å²) in [5.41, 5.74) is 2.88. The van der Waals surface area contributed by atoms with Gasteiger partial charge in [0.1, 0.15) is 5.78 Å². The van der Waals surface area contributed by atoms with Crippen LogP contribution in [-0.2, 0) is 20.7 Å². The van der Waals surface area contributed by atoms with Crippen LogP contribution in [-0.4, -0.2) is 30.9 Å². The lowest BCUT2D eigenvalue weighted by Gasteiger charge is -2.50. The molecule has 4 heteroatoms. The topological polar surface area (TPSA) is 55.4 Å². The monoisotopic (exact) mass is 409 g/mol. The fraction of sp³-hybridized carbons (Fsp3) is 0.692. The van der Waals surface area contributed by atoms with Gasteiger partial charge in [-0.15, -0.1) is 0 Å². The van der Waals surface area contributed by atoms with E-state index in [0.29, 0.717) is 42.3 Å². The second-order valence-electron chi connectivity index (χ2n) is 10.4. The van der Waals surface area contributed by atoms with Crippen LogP contribution in [0, 0.1) is 23.2 Å². The summed E-state index contributed by atoms with van der Waals surface area (Å²) >= 11 is 0. The molecule has 1 aromatic carbocycles. The molecule has 0 bridgehead atoms. The predicted octanol–water partition coefficient (Wildman–Crippen LogP) is 4.41. The van der Waals surface area contributed by atoms with Crippen molar-refractivity contribution in [3.05, 3.63) is 35.4 Å². The number of hydrogen-bond acceptors (Lipinski definition) is 3. The van der Waals surface area contributed by atoms with Gasteiger partial charge < -0.3 is 10.1 Å². The maximum atomic E-state index is 13.1. The van der Waals surface area contributed by atoms with Crippen molar-refractivity contribution in [1.29, 1.82) is 0 Å². The SMILES string of the molecule is C[C@]12CCC3c4ccccc4CCC3C1[C@H](CCC(=O)NC1CCOCC1)CC2=O. The largest absolute Gasteiger partial charge is 0.381 e. The third-order valence-electron chi connectivity index (χ3n) is 8.81. The Morgan fingerprint density at radius 2 is 1.97 bits per heavy atom. The Kier molecular flexibility index (Phi) is 5.47. The summed E-state index contributed by atoms with van der Waals surface area (Å²) in [4.78, 5) is 25.7. The second kappa shape index (κ2) is 8.11. The van der Waals surface area contributed by atoms with Crippen molar-refractivity contribution in [1.82, 2.24) is 5.32 Å². The molecule has 3 aliphatic carbocycles. The van der Waals surface area contributed by atoms with Gasteiger partial charge in [-0.05, 0) is 79.7 Å². The molecule has 1 aromatic rings. The van der Waals surface area contributed by atoms with E-state index in [1.807, 2.05) is 0 Å². The number of amides is 1. The Bertz CT molecular complexity index is 814. The first kappa shape index (κ1) is 20.2. The van der Waals surface area contributed by atoms with E-state index in [2.05, 4.69) is 36.5 Å². The zero-order chi connectivity index (χ0) is 20.7. The van der Waals surface area contributed by atoms with Crippen LogP contribution in [0.2, 0.25) is 0 Å². The molecule has 1 saturated heterocycles. The summed E-state index contributed by atoms with van der Waals surface area (Å²) in [6.07, 6.45) is 8.39.